The molecule has 0 aliphatic carbocycles. The Bertz CT molecular complexity index is 848. The van der Waals surface area contributed by atoms with Crippen molar-refractivity contribution >= 4 is 27.4 Å². The van der Waals surface area contributed by atoms with E-state index < -0.39 is 10.0 Å². The number of amides is 1. The Balaban J connectivity index is 1.97. The normalized spacial score (nSPS) is 11.4. The van der Waals surface area contributed by atoms with Crippen molar-refractivity contribution < 1.29 is 13.2 Å². The second-order valence-electron chi connectivity index (χ2n) is 6.33. The van der Waals surface area contributed by atoms with Crippen molar-refractivity contribution in [1.82, 2.24) is 9.29 Å². The Labute approximate surface area is 160 Å². The number of hydrogen-bond acceptors (Lipinski definition) is 5. The second kappa shape index (κ2) is 9.48. The summed E-state index contributed by atoms with van der Waals surface area (Å²) in [7, 11) is -0.588. The van der Waals surface area contributed by atoms with E-state index in [4.69, 9.17) is 0 Å². The number of unbranched alkanes of at least 4 members (excludes halogenated alkanes) is 2. The molecule has 0 bridgehead atoms. The minimum Gasteiger partial charge on any atom is -0.384 e. The van der Waals surface area contributed by atoms with E-state index in [-0.39, 0.29) is 10.8 Å². The van der Waals surface area contributed by atoms with Crippen LogP contribution in [0.2, 0.25) is 0 Å². The molecule has 0 aliphatic rings. The first-order chi connectivity index (χ1) is 12.8. The van der Waals surface area contributed by atoms with Crippen molar-refractivity contribution in [3.63, 3.8) is 0 Å². The first-order valence-corrected chi connectivity index (χ1v) is 10.3. The van der Waals surface area contributed by atoms with Gasteiger partial charge in [0.15, 0.2) is 0 Å². The van der Waals surface area contributed by atoms with Crippen molar-refractivity contribution in [2.75, 3.05) is 31.3 Å². The van der Waals surface area contributed by atoms with Gasteiger partial charge in [0.1, 0.15) is 5.82 Å². The van der Waals surface area contributed by atoms with Crippen LogP contribution in [0.1, 0.15) is 36.5 Å². The van der Waals surface area contributed by atoms with Crippen LogP contribution >= 0.6 is 0 Å². The molecule has 1 heterocycles. The summed E-state index contributed by atoms with van der Waals surface area (Å²) in [6.45, 7) is 3.05. The van der Waals surface area contributed by atoms with E-state index in [1.807, 2.05) is 6.07 Å². The Morgan fingerprint density at radius 2 is 1.78 bits per heavy atom. The summed E-state index contributed by atoms with van der Waals surface area (Å²) < 4.78 is 25.2. The van der Waals surface area contributed by atoms with Gasteiger partial charge in [0, 0.05) is 26.2 Å². The van der Waals surface area contributed by atoms with E-state index in [0.717, 1.165) is 23.0 Å². The molecule has 27 heavy (non-hydrogen) atoms. The number of anilines is 2. The minimum atomic E-state index is -3.51. The van der Waals surface area contributed by atoms with E-state index >= 15 is 0 Å². The number of aromatic nitrogens is 1. The lowest BCUT2D eigenvalue weighted by Gasteiger charge is -2.11. The highest BCUT2D eigenvalue weighted by atomic mass is 32.2. The predicted molar refractivity (Wildman–Crippen MR) is 108 cm³/mol. The molecule has 1 aromatic heterocycles. The van der Waals surface area contributed by atoms with Crippen LogP contribution in [0.5, 0.6) is 0 Å². The molecule has 0 atom stereocenters. The van der Waals surface area contributed by atoms with Crippen LogP contribution in [0.25, 0.3) is 0 Å². The number of hydrogen-bond donors (Lipinski definition) is 2. The summed E-state index contributed by atoms with van der Waals surface area (Å²) in [6, 6.07) is 9.39. The zero-order valence-corrected chi connectivity index (χ0v) is 16.7. The number of rotatable bonds is 9. The van der Waals surface area contributed by atoms with Crippen LogP contribution in [0.15, 0.2) is 47.5 Å². The molecule has 0 aliphatic heterocycles. The molecule has 0 saturated heterocycles. The predicted octanol–water partition coefficient (Wildman–Crippen LogP) is 3.19. The first kappa shape index (κ1) is 20.9. The summed E-state index contributed by atoms with van der Waals surface area (Å²) in [5, 5.41) is 5.99. The molecule has 8 heteroatoms. The van der Waals surface area contributed by atoms with Crippen LogP contribution in [0.3, 0.4) is 0 Å². The van der Waals surface area contributed by atoms with Gasteiger partial charge in [-0.15, -0.1) is 0 Å². The first-order valence-electron chi connectivity index (χ1n) is 8.88. The molecular formula is C19H26N4O3S. The fourth-order valence-electron chi connectivity index (χ4n) is 2.36. The fourth-order valence-corrected chi connectivity index (χ4v) is 3.26. The zero-order valence-electron chi connectivity index (χ0n) is 15.9. The van der Waals surface area contributed by atoms with E-state index in [1.165, 1.54) is 51.2 Å². The molecule has 2 N–H and O–H groups in total. The van der Waals surface area contributed by atoms with E-state index in [2.05, 4.69) is 22.5 Å². The quantitative estimate of drug-likeness (QED) is 0.642. The number of sulfonamides is 1. The molecule has 2 rings (SSSR count). The number of pyridine rings is 1. The molecule has 2 aromatic rings. The van der Waals surface area contributed by atoms with Crippen LogP contribution in [-0.4, -0.2) is 44.3 Å². The van der Waals surface area contributed by atoms with Gasteiger partial charge in [-0.25, -0.2) is 17.7 Å². The van der Waals surface area contributed by atoms with Gasteiger partial charge >= 0.3 is 0 Å². The maximum atomic E-state index is 12.3. The SMILES string of the molecule is CCCCCNc1ccc(NC(=O)c2ccc(S(=O)(=O)N(C)C)cc2)nc1. The van der Waals surface area contributed by atoms with E-state index in [1.54, 1.807) is 12.3 Å². The van der Waals surface area contributed by atoms with E-state index in [9.17, 15) is 13.2 Å². The van der Waals surface area contributed by atoms with Gasteiger partial charge in [-0.1, -0.05) is 19.8 Å². The fraction of sp³-hybridized carbons (Fsp3) is 0.368. The third kappa shape index (κ3) is 5.77. The number of nitrogens with one attached hydrogen (secondary N) is 2. The molecule has 0 fully saturated rings. The molecule has 0 saturated carbocycles. The maximum Gasteiger partial charge on any atom is 0.256 e. The van der Waals surface area contributed by atoms with Crippen molar-refractivity contribution in [3.05, 3.63) is 48.2 Å². The van der Waals surface area contributed by atoms with Gasteiger partial charge in [-0.05, 0) is 42.8 Å². The zero-order chi connectivity index (χ0) is 19.9. The lowest BCUT2D eigenvalue weighted by Crippen LogP contribution is -2.22. The maximum absolute atomic E-state index is 12.3. The van der Waals surface area contributed by atoms with Gasteiger partial charge < -0.3 is 10.6 Å². The van der Waals surface area contributed by atoms with Crippen LogP contribution < -0.4 is 10.6 Å². The van der Waals surface area contributed by atoms with Crippen molar-refractivity contribution in [2.24, 2.45) is 0 Å². The van der Waals surface area contributed by atoms with Gasteiger partial charge in [-0.2, -0.15) is 0 Å². The van der Waals surface area contributed by atoms with Crippen LogP contribution in [0, 0.1) is 0 Å². The summed E-state index contributed by atoms with van der Waals surface area (Å²) in [4.78, 5) is 16.7. The summed E-state index contributed by atoms with van der Waals surface area (Å²) in [5.41, 5.74) is 1.26. The molecule has 1 amide bonds. The van der Waals surface area contributed by atoms with Crippen molar-refractivity contribution in [3.8, 4) is 0 Å². The van der Waals surface area contributed by atoms with Crippen molar-refractivity contribution in [2.45, 2.75) is 31.1 Å². The topological polar surface area (TPSA) is 91.4 Å². The molecule has 7 nitrogen and oxygen atoms in total. The third-order valence-electron chi connectivity index (χ3n) is 4.01. The number of carbonyl (C=O) groups is 1. The van der Waals surface area contributed by atoms with Gasteiger partial charge in [0.25, 0.3) is 5.91 Å². The van der Waals surface area contributed by atoms with Crippen LogP contribution in [0.4, 0.5) is 11.5 Å². The monoisotopic (exact) mass is 390 g/mol. The third-order valence-corrected chi connectivity index (χ3v) is 5.84. The van der Waals surface area contributed by atoms with Gasteiger partial charge in [0.2, 0.25) is 10.0 Å². The second-order valence-corrected chi connectivity index (χ2v) is 8.48. The Morgan fingerprint density at radius 1 is 1.07 bits per heavy atom. The lowest BCUT2D eigenvalue weighted by molar-refractivity contribution is 0.102. The van der Waals surface area contributed by atoms with Crippen molar-refractivity contribution in [1.29, 1.82) is 0 Å². The minimum absolute atomic E-state index is 0.140. The number of benzene rings is 1. The summed E-state index contributed by atoms with van der Waals surface area (Å²) in [5.74, 6) is 0.0871. The Kier molecular flexibility index (Phi) is 7.32. The molecular weight excluding hydrogens is 364 g/mol. The molecule has 0 radical (unpaired) electrons. The molecule has 146 valence electrons. The highest BCUT2D eigenvalue weighted by Gasteiger charge is 2.17. The van der Waals surface area contributed by atoms with Crippen LogP contribution in [-0.2, 0) is 10.0 Å². The molecule has 0 spiro atoms. The smallest absolute Gasteiger partial charge is 0.256 e. The molecule has 0 unspecified atom stereocenters. The average Bonchev–Trinajstić information content (AvgIpc) is 2.66. The lowest BCUT2D eigenvalue weighted by atomic mass is 10.2. The van der Waals surface area contributed by atoms with E-state index in [0.29, 0.717) is 11.4 Å². The van der Waals surface area contributed by atoms with Gasteiger partial charge in [-0.3, -0.25) is 4.79 Å². The Morgan fingerprint density at radius 3 is 2.33 bits per heavy atom. The highest BCUT2D eigenvalue weighted by Crippen LogP contribution is 2.15. The largest absolute Gasteiger partial charge is 0.384 e. The number of nitrogens with zero attached hydrogens (tertiary/aromatic N) is 2. The average molecular weight is 391 g/mol. The Hall–Kier alpha value is -2.45. The standard InChI is InChI=1S/C19H26N4O3S/c1-4-5-6-13-20-16-9-12-18(21-14-16)22-19(24)15-7-10-17(11-8-15)27(25,26)23(2)3/h7-12,14,20H,4-6,13H2,1-3H3,(H,21,22,24). The molecule has 1 aromatic carbocycles. The van der Waals surface area contributed by atoms with Gasteiger partial charge in [0.05, 0.1) is 16.8 Å². The summed E-state index contributed by atoms with van der Waals surface area (Å²) >= 11 is 0. The highest BCUT2D eigenvalue weighted by molar-refractivity contribution is 7.89. The summed E-state index contributed by atoms with van der Waals surface area (Å²) in [6.07, 6.45) is 5.14. The number of carbonyl (C=O) groups excluding carboxylic acids is 1.